The van der Waals surface area contributed by atoms with Gasteiger partial charge in [-0.1, -0.05) is 39.0 Å². The SMILES string of the molecule is [B][P+](OCC)(OCC)C(CCCCCCCC)P(=O)(OC)OC. The number of hydrogen-bond acceptors (Lipinski definition) is 5. The second-order valence-electron chi connectivity index (χ2n) is 5.42. The van der Waals surface area contributed by atoms with Crippen LogP contribution in [0.2, 0.25) is 0 Å². The molecular formula is C15H34BO5P2+. The highest BCUT2D eigenvalue weighted by Gasteiger charge is 2.56. The lowest BCUT2D eigenvalue weighted by Crippen LogP contribution is -2.21. The van der Waals surface area contributed by atoms with Crippen LogP contribution in [0.15, 0.2) is 0 Å². The third-order valence-electron chi connectivity index (χ3n) is 3.77. The number of hydrogen-bond donors (Lipinski definition) is 0. The first-order valence-electron chi connectivity index (χ1n) is 8.61. The van der Waals surface area contributed by atoms with Gasteiger partial charge < -0.3 is 9.05 Å². The van der Waals surface area contributed by atoms with Crippen molar-refractivity contribution in [2.75, 3.05) is 27.4 Å². The zero-order valence-corrected chi connectivity index (χ0v) is 17.2. The summed E-state index contributed by atoms with van der Waals surface area (Å²) in [4.78, 5) is 0. The van der Waals surface area contributed by atoms with E-state index in [1.54, 1.807) is 0 Å². The lowest BCUT2D eigenvalue weighted by atomic mass is 10.1. The highest BCUT2D eigenvalue weighted by atomic mass is 31.3. The predicted molar refractivity (Wildman–Crippen MR) is 99.3 cm³/mol. The van der Waals surface area contributed by atoms with Gasteiger partial charge in [0.15, 0.2) is 0 Å². The molecule has 0 rings (SSSR count). The average molecular weight is 367 g/mol. The van der Waals surface area contributed by atoms with Crippen molar-refractivity contribution in [2.24, 2.45) is 0 Å². The highest BCUT2D eigenvalue weighted by molar-refractivity contribution is 7.96. The van der Waals surface area contributed by atoms with Crippen LogP contribution in [0.3, 0.4) is 0 Å². The molecule has 0 aromatic rings. The van der Waals surface area contributed by atoms with E-state index in [0.29, 0.717) is 19.6 Å². The minimum atomic E-state index is -3.36. The summed E-state index contributed by atoms with van der Waals surface area (Å²) < 4.78 is 34.8. The Morgan fingerprint density at radius 2 is 1.39 bits per heavy atom. The number of rotatable bonds is 15. The first-order valence-corrected chi connectivity index (χ1v) is 12.0. The monoisotopic (exact) mass is 367 g/mol. The lowest BCUT2D eigenvalue weighted by molar-refractivity contribution is 0.240. The minimum absolute atomic E-state index is 0.407. The Balaban J connectivity index is 4.97. The summed E-state index contributed by atoms with van der Waals surface area (Å²) in [6.45, 7) is 6.72. The fourth-order valence-electron chi connectivity index (χ4n) is 2.57. The Bertz CT molecular complexity index is 330. The number of unbranched alkanes of at least 4 members (excludes halogenated alkanes) is 5. The highest BCUT2D eigenvalue weighted by Crippen LogP contribution is 2.75. The van der Waals surface area contributed by atoms with Crippen LogP contribution < -0.4 is 0 Å². The maximum absolute atomic E-state index is 13.0. The van der Waals surface area contributed by atoms with Crippen molar-refractivity contribution in [3.8, 4) is 0 Å². The van der Waals surface area contributed by atoms with Crippen LogP contribution in [-0.2, 0) is 22.7 Å². The molecule has 2 radical (unpaired) electrons. The molecule has 0 spiro atoms. The molecule has 0 aromatic carbocycles. The van der Waals surface area contributed by atoms with Crippen LogP contribution in [0.4, 0.5) is 0 Å². The summed E-state index contributed by atoms with van der Waals surface area (Å²) in [6, 6.07) is 0. The minimum Gasteiger partial charge on any atom is -0.309 e. The summed E-state index contributed by atoms with van der Waals surface area (Å²) in [5, 5.41) is -0.545. The van der Waals surface area contributed by atoms with Gasteiger partial charge in [-0.05, 0) is 26.7 Å². The lowest BCUT2D eigenvalue weighted by Gasteiger charge is -2.31. The molecule has 0 fully saturated rings. The summed E-state index contributed by atoms with van der Waals surface area (Å²) in [5.74, 6) is 0. The maximum atomic E-state index is 13.0. The van der Waals surface area contributed by atoms with Crippen molar-refractivity contribution < 1.29 is 22.7 Å². The largest absolute Gasteiger partial charge is 0.445 e. The van der Waals surface area contributed by atoms with Gasteiger partial charge in [0.2, 0.25) is 13.0 Å². The Hall–Kier alpha value is 0.565. The molecule has 8 heteroatoms. The predicted octanol–water partition coefficient (Wildman–Crippen LogP) is 5.55. The standard InChI is InChI=1S/C15H34BO5P2/c1-6-9-10-11-12-13-14-15(23(17,18-4)19-5)22(16,20-7-2)21-8-3/h15H,6-14H2,1-5H3/q+1. The molecular weight excluding hydrogens is 333 g/mol. The van der Waals surface area contributed by atoms with Crippen molar-refractivity contribution in [3.63, 3.8) is 0 Å². The van der Waals surface area contributed by atoms with Gasteiger partial charge in [-0.2, -0.15) is 0 Å². The van der Waals surface area contributed by atoms with Crippen LogP contribution in [0.25, 0.3) is 0 Å². The maximum Gasteiger partial charge on any atom is 0.445 e. The molecule has 0 amide bonds. The molecule has 0 aliphatic rings. The Labute approximate surface area is 144 Å². The van der Waals surface area contributed by atoms with Crippen LogP contribution in [0.5, 0.6) is 0 Å². The third kappa shape index (κ3) is 7.99. The van der Waals surface area contributed by atoms with Gasteiger partial charge in [-0.3, -0.25) is 4.57 Å². The second kappa shape index (κ2) is 12.9. The van der Waals surface area contributed by atoms with Crippen LogP contribution >= 0.6 is 15.2 Å². The smallest absolute Gasteiger partial charge is 0.309 e. The first kappa shape index (κ1) is 23.6. The van der Waals surface area contributed by atoms with Gasteiger partial charge in [0.25, 0.3) is 0 Å². The molecule has 0 saturated heterocycles. The Kier molecular flexibility index (Phi) is 13.2. The molecule has 0 saturated carbocycles. The van der Waals surface area contributed by atoms with Gasteiger partial charge >= 0.3 is 15.2 Å². The summed E-state index contributed by atoms with van der Waals surface area (Å²) in [5.41, 5.74) is 0. The van der Waals surface area contributed by atoms with Crippen LogP contribution in [-0.4, -0.2) is 40.4 Å². The topological polar surface area (TPSA) is 54.0 Å². The van der Waals surface area contributed by atoms with Crippen molar-refractivity contribution in [1.29, 1.82) is 0 Å². The van der Waals surface area contributed by atoms with Crippen LogP contribution in [0, 0.1) is 0 Å². The molecule has 23 heavy (non-hydrogen) atoms. The molecule has 0 N–H and O–H groups in total. The third-order valence-corrected chi connectivity index (χ3v) is 10.00. The average Bonchev–Trinajstić information content (AvgIpc) is 2.54. The fourth-order valence-corrected chi connectivity index (χ4v) is 8.02. The van der Waals surface area contributed by atoms with E-state index in [4.69, 9.17) is 25.7 Å². The molecule has 136 valence electrons. The molecule has 1 unspecified atom stereocenters. The van der Waals surface area contributed by atoms with Gasteiger partial charge in [0, 0.05) is 14.2 Å². The first-order chi connectivity index (χ1) is 10.9. The van der Waals surface area contributed by atoms with E-state index < -0.39 is 20.6 Å². The molecule has 1 atom stereocenters. The quantitative estimate of drug-likeness (QED) is 0.216. The van der Waals surface area contributed by atoms with Crippen molar-refractivity contribution in [1.82, 2.24) is 0 Å². The van der Waals surface area contributed by atoms with Crippen LogP contribution in [0.1, 0.15) is 65.7 Å². The van der Waals surface area contributed by atoms with Gasteiger partial charge in [-0.25, -0.2) is 9.05 Å². The fraction of sp³-hybridized carbons (Fsp3) is 1.00. The normalized spacial score (nSPS) is 14.1. The van der Waals surface area contributed by atoms with Gasteiger partial charge in [0.05, 0.1) is 13.2 Å². The Morgan fingerprint density at radius 3 is 1.83 bits per heavy atom. The molecule has 0 aliphatic heterocycles. The van der Waals surface area contributed by atoms with Crippen molar-refractivity contribution in [3.05, 3.63) is 0 Å². The summed E-state index contributed by atoms with van der Waals surface area (Å²) >= 11 is 0. The summed E-state index contributed by atoms with van der Waals surface area (Å²) in [6.07, 6.45) is 7.47. The second-order valence-corrected chi connectivity index (χ2v) is 10.7. The molecule has 0 heterocycles. The zero-order valence-electron chi connectivity index (χ0n) is 15.5. The van der Waals surface area contributed by atoms with Gasteiger partial charge in [-0.15, -0.1) is 0 Å². The van der Waals surface area contributed by atoms with E-state index in [1.165, 1.54) is 39.9 Å². The van der Waals surface area contributed by atoms with Crippen molar-refractivity contribution in [2.45, 2.75) is 71.1 Å². The van der Waals surface area contributed by atoms with Crippen molar-refractivity contribution >= 4 is 22.8 Å². The van der Waals surface area contributed by atoms with E-state index in [9.17, 15) is 4.57 Å². The molecule has 0 bridgehead atoms. The van der Waals surface area contributed by atoms with E-state index in [0.717, 1.165) is 12.8 Å². The van der Waals surface area contributed by atoms with Gasteiger partial charge in [0.1, 0.15) is 0 Å². The molecule has 5 nitrogen and oxygen atoms in total. The summed E-state index contributed by atoms with van der Waals surface area (Å²) in [7, 11) is 3.01. The molecule has 0 aliphatic carbocycles. The van der Waals surface area contributed by atoms with E-state index in [-0.39, 0.29) is 0 Å². The van der Waals surface area contributed by atoms with E-state index in [1.807, 2.05) is 13.8 Å². The van der Waals surface area contributed by atoms with E-state index in [2.05, 4.69) is 6.92 Å². The zero-order chi connectivity index (χ0) is 17.8. The Morgan fingerprint density at radius 1 is 0.913 bits per heavy atom. The molecule has 0 aromatic heterocycles. The van der Waals surface area contributed by atoms with E-state index >= 15 is 0 Å².